The Kier molecular flexibility index (Phi) is 10.3. The summed E-state index contributed by atoms with van der Waals surface area (Å²) in [6.45, 7) is 5.38. The van der Waals surface area contributed by atoms with E-state index in [9.17, 15) is 18.0 Å². The van der Waals surface area contributed by atoms with E-state index in [0.717, 1.165) is 25.3 Å². The first kappa shape index (κ1) is 29.9. The monoisotopic (exact) mass is 550 g/mol. The minimum absolute atomic E-state index is 0.137. The molecule has 208 valence electrons. The lowest BCUT2D eigenvalue weighted by Gasteiger charge is -2.34. The SMILES string of the molecule is Cc1cccc(CN(C(=O)CN(c2ccccc2)S(=O)(=O)N(C)C)[C@H](Cc2ccccc2)C(=O)NC(C)C)c1. The summed E-state index contributed by atoms with van der Waals surface area (Å²) in [4.78, 5) is 29.2. The van der Waals surface area contributed by atoms with Crippen LogP contribution in [0.15, 0.2) is 84.9 Å². The summed E-state index contributed by atoms with van der Waals surface area (Å²) in [7, 11) is -1.16. The van der Waals surface area contributed by atoms with Crippen molar-refractivity contribution in [2.24, 2.45) is 0 Å². The van der Waals surface area contributed by atoms with Gasteiger partial charge in [0.2, 0.25) is 11.8 Å². The number of para-hydroxylation sites is 1. The third-order valence-electron chi connectivity index (χ3n) is 6.20. The molecule has 0 fully saturated rings. The van der Waals surface area contributed by atoms with Gasteiger partial charge in [-0.15, -0.1) is 0 Å². The Balaban J connectivity index is 2.08. The number of hydrogen-bond acceptors (Lipinski definition) is 4. The highest BCUT2D eigenvalue weighted by Crippen LogP contribution is 2.22. The molecule has 0 radical (unpaired) electrons. The van der Waals surface area contributed by atoms with Gasteiger partial charge in [0, 0.05) is 33.1 Å². The highest BCUT2D eigenvalue weighted by atomic mass is 32.2. The Hall–Kier alpha value is -3.69. The average molecular weight is 551 g/mol. The van der Waals surface area contributed by atoms with E-state index in [1.165, 1.54) is 19.0 Å². The van der Waals surface area contributed by atoms with Crippen LogP contribution in [0.4, 0.5) is 5.69 Å². The summed E-state index contributed by atoms with van der Waals surface area (Å²) in [5.74, 6) is -0.776. The first-order valence-electron chi connectivity index (χ1n) is 12.9. The molecule has 0 aromatic heterocycles. The van der Waals surface area contributed by atoms with Gasteiger partial charge in [0.05, 0.1) is 5.69 Å². The van der Waals surface area contributed by atoms with Crippen LogP contribution in [-0.4, -0.2) is 62.2 Å². The van der Waals surface area contributed by atoms with Crippen LogP contribution in [0.2, 0.25) is 0 Å². The molecule has 0 spiro atoms. The van der Waals surface area contributed by atoms with Crippen LogP contribution in [0, 0.1) is 6.92 Å². The summed E-state index contributed by atoms with van der Waals surface area (Å²) < 4.78 is 28.8. The van der Waals surface area contributed by atoms with Crippen molar-refractivity contribution in [3.05, 3.63) is 102 Å². The van der Waals surface area contributed by atoms with E-state index in [1.807, 2.05) is 75.4 Å². The minimum Gasteiger partial charge on any atom is -0.352 e. The van der Waals surface area contributed by atoms with E-state index in [4.69, 9.17) is 0 Å². The summed E-state index contributed by atoms with van der Waals surface area (Å²) in [6, 6.07) is 24.7. The van der Waals surface area contributed by atoms with Crippen molar-refractivity contribution < 1.29 is 18.0 Å². The van der Waals surface area contributed by atoms with E-state index in [1.54, 1.807) is 30.3 Å². The standard InChI is InChI=1S/C30H38N4O4S/c1-23(2)31-30(36)28(20-25-14-8-6-9-15-25)33(21-26-16-12-13-24(3)19-26)29(35)22-34(39(37,38)32(4)5)27-17-10-7-11-18-27/h6-19,23,28H,20-22H2,1-5H3,(H,31,36)/t28-/m1/s1. The lowest BCUT2D eigenvalue weighted by molar-refractivity contribution is -0.140. The van der Waals surface area contributed by atoms with Crippen LogP contribution < -0.4 is 9.62 Å². The molecule has 0 saturated heterocycles. The van der Waals surface area contributed by atoms with E-state index in [-0.39, 0.29) is 24.9 Å². The average Bonchev–Trinajstić information content (AvgIpc) is 2.89. The normalized spacial score (nSPS) is 12.3. The summed E-state index contributed by atoms with van der Waals surface area (Å²) in [6.07, 6.45) is 0.280. The zero-order valence-electron chi connectivity index (χ0n) is 23.2. The second-order valence-electron chi connectivity index (χ2n) is 10.0. The van der Waals surface area contributed by atoms with Crippen LogP contribution in [0.3, 0.4) is 0 Å². The van der Waals surface area contributed by atoms with Gasteiger partial charge in [-0.25, -0.2) is 4.31 Å². The van der Waals surface area contributed by atoms with Crippen LogP contribution >= 0.6 is 0 Å². The Labute approximate surface area is 232 Å². The molecule has 9 heteroatoms. The number of nitrogens with one attached hydrogen (secondary N) is 1. The van der Waals surface area contributed by atoms with Gasteiger partial charge in [-0.3, -0.25) is 9.59 Å². The van der Waals surface area contributed by atoms with Gasteiger partial charge in [0.15, 0.2) is 0 Å². The molecular formula is C30H38N4O4S. The third kappa shape index (κ3) is 8.15. The highest BCUT2D eigenvalue weighted by molar-refractivity contribution is 7.90. The fourth-order valence-corrected chi connectivity index (χ4v) is 5.31. The van der Waals surface area contributed by atoms with Crippen molar-refractivity contribution in [2.75, 3.05) is 24.9 Å². The second kappa shape index (κ2) is 13.4. The van der Waals surface area contributed by atoms with Crippen molar-refractivity contribution in [1.29, 1.82) is 0 Å². The Morgan fingerprint density at radius 3 is 2.00 bits per heavy atom. The smallest absolute Gasteiger partial charge is 0.304 e. The molecule has 3 aromatic rings. The lowest BCUT2D eigenvalue weighted by Crippen LogP contribution is -2.55. The van der Waals surface area contributed by atoms with Crippen LogP contribution in [0.25, 0.3) is 0 Å². The first-order valence-corrected chi connectivity index (χ1v) is 14.3. The van der Waals surface area contributed by atoms with E-state index in [2.05, 4.69) is 5.32 Å². The topological polar surface area (TPSA) is 90.0 Å². The molecule has 2 amide bonds. The molecule has 8 nitrogen and oxygen atoms in total. The molecule has 3 aromatic carbocycles. The molecule has 0 aliphatic carbocycles. The summed E-state index contributed by atoms with van der Waals surface area (Å²) >= 11 is 0. The fourth-order valence-electron chi connectivity index (χ4n) is 4.25. The number of hydrogen-bond donors (Lipinski definition) is 1. The first-order chi connectivity index (χ1) is 18.5. The number of amides is 2. The Morgan fingerprint density at radius 1 is 0.846 bits per heavy atom. The molecule has 0 aliphatic heterocycles. The zero-order chi connectivity index (χ0) is 28.6. The molecule has 0 saturated carbocycles. The minimum atomic E-state index is -4.01. The van der Waals surface area contributed by atoms with Crippen molar-refractivity contribution in [3.63, 3.8) is 0 Å². The number of carbonyl (C=O) groups is 2. The van der Waals surface area contributed by atoms with Gasteiger partial charge in [-0.05, 0) is 44.0 Å². The Morgan fingerprint density at radius 2 is 1.44 bits per heavy atom. The molecular weight excluding hydrogens is 512 g/mol. The predicted molar refractivity (Wildman–Crippen MR) is 155 cm³/mol. The molecule has 0 bridgehead atoms. The zero-order valence-corrected chi connectivity index (χ0v) is 24.1. The van der Waals surface area contributed by atoms with E-state index in [0.29, 0.717) is 5.69 Å². The van der Waals surface area contributed by atoms with Crippen LogP contribution in [0.1, 0.15) is 30.5 Å². The fraction of sp³-hybridized carbons (Fsp3) is 0.333. The molecule has 39 heavy (non-hydrogen) atoms. The molecule has 0 aliphatic rings. The second-order valence-corrected chi connectivity index (χ2v) is 12.1. The van der Waals surface area contributed by atoms with Gasteiger partial charge in [0.1, 0.15) is 12.6 Å². The van der Waals surface area contributed by atoms with E-state index < -0.39 is 28.7 Å². The molecule has 0 heterocycles. The van der Waals surface area contributed by atoms with Gasteiger partial charge >= 0.3 is 10.2 Å². The molecule has 1 atom stereocenters. The maximum absolute atomic E-state index is 14.1. The molecule has 3 rings (SSSR count). The highest BCUT2D eigenvalue weighted by Gasteiger charge is 2.34. The van der Waals surface area contributed by atoms with Crippen LogP contribution in [-0.2, 0) is 32.8 Å². The van der Waals surface area contributed by atoms with Crippen molar-refractivity contribution in [3.8, 4) is 0 Å². The predicted octanol–water partition coefficient (Wildman–Crippen LogP) is 3.77. The lowest BCUT2D eigenvalue weighted by atomic mass is 10.0. The van der Waals surface area contributed by atoms with Gasteiger partial charge in [-0.1, -0.05) is 78.4 Å². The number of benzene rings is 3. The van der Waals surface area contributed by atoms with Crippen molar-refractivity contribution in [1.82, 2.24) is 14.5 Å². The number of carbonyl (C=O) groups excluding carboxylic acids is 2. The summed E-state index contributed by atoms with van der Waals surface area (Å²) in [5.41, 5.74) is 3.12. The third-order valence-corrected chi connectivity index (χ3v) is 8.02. The number of aryl methyl sites for hydroxylation is 1. The van der Waals surface area contributed by atoms with E-state index >= 15 is 0 Å². The maximum Gasteiger partial charge on any atom is 0.304 e. The largest absolute Gasteiger partial charge is 0.352 e. The number of nitrogens with zero attached hydrogens (tertiary/aromatic N) is 3. The van der Waals surface area contributed by atoms with Gasteiger partial charge in [-0.2, -0.15) is 12.7 Å². The molecule has 1 N–H and O–H groups in total. The van der Waals surface area contributed by atoms with Crippen molar-refractivity contribution >= 4 is 27.7 Å². The number of anilines is 1. The maximum atomic E-state index is 14.1. The van der Waals surface area contributed by atoms with Gasteiger partial charge < -0.3 is 10.2 Å². The number of rotatable bonds is 12. The molecule has 0 unspecified atom stereocenters. The van der Waals surface area contributed by atoms with Crippen LogP contribution in [0.5, 0.6) is 0 Å². The summed E-state index contributed by atoms with van der Waals surface area (Å²) in [5, 5.41) is 2.96. The Bertz CT molecular complexity index is 1350. The van der Waals surface area contributed by atoms with Crippen molar-refractivity contribution in [2.45, 2.75) is 45.8 Å². The quantitative estimate of drug-likeness (QED) is 0.372. The van der Waals surface area contributed by atoms with Gasteiger partial charge in [0.25, 0.3) is 0 Å².